The molecule has 0 unspecified atom stereocenters. The van der Waals surface area contributed by atoms with Gasteiger partial charge in [-0.1, -0.05) is 19.1 Å². The van der Waals surface area contributed by atoms with E-state index in [0.29, 0.717) is 24.2 Å². The van der Waals surface area contributed by atoms with E-state index < -0.39 is 24.3 Å². The molecule has 2 rings (SSSR count). The van der Waals surface area contributed by atoms with E-state index in [1.165, 1.54) is 0 Å². The molecule has 4 N–H and O–H groups in total. The van der Waals surface area contributed by atoms with Crippen molar-refractivity contribution in [3.05, 3.63) is 35.0 Å². The lowest BCUT2D eigenvalue weighted by atomic mass is 9.90. The Morgan fingerprint density at radius 2 is 2.09 bits per heavy atom. The van der Waals surface area contributed by atoms with Crippen LogP contribution in [0.4, 0.5) is 0 Å². The number of carbonyl (C=O) groups is 3. The highest BCUT2D eigenvalue weighted by Gasteiger charge is 2.29. The van der Waals surface area contributed by atoms with Crippen molar-refractivity contribution >= 4 is 23.2 Å². The topological polar surface area (TPSA) is 119 Å². The molecule has 0 bridgehead atoms. The molecule has 0 fully saturated rings. The number of fused-ring (bicyclic) bond motifs is 1. The molecule has 1 aromatic carbocycles. The number of hydrogen-bond acceptors (Lipinski definition) is 5. The summed E-state index contributed by atoms with van der Waals surface area (Å²) in [5.41, 5.74) is 7.04. The predicted octanol–water partition coefficient (Wildman–Crippen LogP) is 0.429. The lowest BCUT2D eigenvalue weighted by Crippen LogP contribution is -2.31. The number of allylic oxidation sites excluding steroid dienone is 1. The summed E-state index contributed by atoms with van der Waals surface area (Å²) in [5, 5.41) is 11.8. The number of primary amides is 1. The summed E-state index contributed by atoms with van der Waals surface area (Å²) in [6.07, 6.45) is 0.501. The van der Waals surface area contributed by atoms with Crippen molar-refractivity contribution in [3.8, 4) is 5.75 Å². The van der Waals surface area contributed by atoms with Gasteiger partial charge >= 0.3 is 5.97 Å². The molecular weight excluding hydrogens is 288 g/mol. The third-order valence-electron chi connectivity index (χ3n) is 3.31. The Morgan fingerprint density at radius 1 is 1.36 bits per heavy atom. The van der Waals surface area contributed by atoms with Gasteiger partial charge in [0.2, 0.25) is 0 Å². The van der Waals surface area contributed by atoms with Crippen molar-refractivity contribution < 1.29 is 24.2 Å². The van der Waals surface area contributed by atoms with E-state index in [-0.39, 0.29) is 11.3 Å². The smallest absolute Gasteiger partial charge is 0.341 e. The third kappa shape index (κ3) is 2.93. The number of rotatable bonds is 6. The fourth-order valence-electron chi connectivity index (χ4n) is 2.38. The van der Waals surface area contributed by atoms with Crippen molar-refractivity contribution in [2.45, 2.75) is 19.9 Å². The molecule has 1 heterocycles. The SMILES string of the molecule is CCC1=C(C(=O)C(N)=O)c2c(cccc2OCC(=O)O)CN1. The van der Waals surface area contributed by atoms with Gasteiger partial charge in [-0.25, -0.2) is 4.79 Å². The number of nitrogens with two attached hydrogens (primary N) is 1. The molecule has 0 atom stereocenters. The normalized spacial score (nSPS) is 13.1. The molecule has 0 saturated carbocycles. The van der Waals surface area contributed by atoms with E-state index in [9.17, 15) is 14.4 Å². The summed E-state index contributed by atoms with van der Waals surface area (Å²) in [5.74, 6) is -2.77. The van der Waals surface area contributed by atoms with Gasteiger partial charge in [-0.05, 0) is 18.1 Å². The number of carbonyl (C=O) groups excluding carboxylic acids is 2. The first-order valence-electron chi connectivity index (χ1n) is 6.73. The number of Topliss-reactive ketones (excluding diaryl/α,β-unsaturated/α-hetero) is 1. The van der Waals surface area contributed by atoms with Gasteiger partial charge in [0.25, 0.3) is 11.7 Å². The molecule has 1 aromatic rings. The van der Waals surface area contributed by atoms with Crippen molar-refractivity contribution in [3.63, 3.8) is 0 Å². The number of ether oxygens (including phenoxy) is 1. The van der Waals surface area contributed by atoms with Gasteiger partial charge in [0.1, 0.15) is 5.75 Å². The van der Waals surface area contributed by atoms with E-state index in [1.54, 1.807) is 18.2 Å². The van der Waals surface area contributed by atoms with Gasteiger partial charge in [0, 0.05) is 17.8 Å². The van der Waals surface area contributed by atoms with Crippen LogP contribution in [-0.4, -0.2) is 29.4 Å². The molecular formula is C15H16N2O5. The summed E-state index contributed by atoms with van der Waals surface area (Å²) < 4.78 is 5.25. The number of aliphatic carboxylic acids is 1. The monoisotopic (exact) mass is 304 g/mol. The number of carboxylic acids is 1. The summed E-state index contributed by atoms with van der Waals surface area (Å²) in [6.45, 7) is 1.75. The number of benzene rings is 1. The molecule has 0 aliphatic carbocycles. The van der Waals surface area contributed by atoms with Gasteiger partial charge in [0.05, 0.1) is 5.57 Å². The second-order valence-electron chi connectivity index (χ2n) is 4.73. The second-order valence-corrected chi connectivity index (χ2v) is 4.73. The Balaban J connectivity index is 2.58. The van der Waals surface area contributed by atoms with Crippen LogP contribution in [0.15, 0.2) is 23.9 Å². The highest BCUT2D eigenvalue weighted by atomic mass is 16.5. The van der Waals surface area contributed by atoms with Gasteiger partial charge in [-0.3, -0.25) is 9.59 Å². The lowest BCUT2D eigenvalue weighted by Gasteiger charge is -2.25. The number of amides is 1. The zero-order valence-corrected chi connectivity index (χ0v) is 12.0. The Bertz CT molecular complexity index is 679. The van der Waals surface area contributed by atoms with Crippen LogP contribution in [0.25, 0.3) is 5.57 Å². The quantitative estimate of drug-likeness (QED) is 0.656. The minimum atomic E-state index is -1.13. The first-order valence-corrected chi connectivity index (χ1v) is 6.73. The van der Waals surface area contributed by atoms with Crippen LogP contribution < -0.4 is 15.8 Å². The van der Waals surface area contributed by atoms with Gasteiger partial charge < -0.3 is 20.9 Å². The maximum absolute atomic E-state index is 12.2. The van der Waals surface area contributed by atoms with Crippen LogP contribution >= 0.6 is 0 Å². The highest BCUT2D eigenvalue weighted by molar-refractivity contribution is 6.53. The summed E-state index contributed by atoms with van der Waals surface area (Å²) >= 11 is 0. The first kappa shape index (κ1) is 15.6. The number of hydrogen-bond donors (Lipinski definition) is 3. The summed E-state index contributed by atoms with van der Waals surface area (Å²) in [4.78, 5) is 34.2. The minimum Gasteiger partial charge on any atom is -0.481 e. The minimum absolute atomic E-state index is 0.150. The van der Waals surface area contributed by atoms with Crippen LogP contribution in [0.1, 0.15) is 24.5 Å². The maximum Gasteiger partial charge on any atom is 0.341 e. The highest BCUT2D eigenvalue weighted by Crippen LogP contribution is 2.35. The molecule has 0 radical (unpaired) electrons. The third-order valence-corrected chi connectivity index (χ3v) is 3.31. The average Bonchev–Trinajstić information content (AvgIpc) is 2.50. The van der Waals surface area contributed by atoms with Crippen molar-refractivity contribution in [1.82, 2.24) is 5.32 Å². The zero-order valence-electron chi connectivity index (χ0n) is 12.0. The molecule has 7 heteroatoms. The van der Waals surface area contributed by atoms with Gasteiger partial charge in [0.15, 0.2) is 6.61 Å². The number of carboxylic acid groups (broad SMARTS) is 1. The molecule has 1 aliphatic rings. The van der Waals surface area contributed by atoms with Crippen LogP contribution in [0.5, 0.6) is 5.75 Å². The van der Waals surface area contributed by atoms with Crippen molar-refractivity contribution in [2.24, 2.45) is 5.73 Å². The van der Waals surface area contributed by atoms with Crippen LogP contribution in [0.2, 0.25) is 0 Å². The van der Waals surface area contributed by atoms with Crippen LogP contribution in [0.3, 0.4) is 0 Å². The van der Waals surface area contributed by atoms with Crippen molar-refractivity contribution in [1.29, 1.82) is 0 Å². The first-order chi connectivity index (χ1) is 10.5. The van der Waals surface area contributed by atoms with Crippen LogP contribution in [0, 0.1) is 0 Å². The lowest BCUT2D eigenvalue weighted by molar-refractivity contribution is -0.139. The van der Waals surface area contributed by atoms with E-state index in [4.69, 9.17) is 15.6 Å². The van der Waals surface area contributed by atoms with E-state index in [2.05, 4.69) is 5.32 Å². The van der Waals surface area contributed by atoms with Crippen LogP contribution in [-0.2, 0) is 20.9 Å². The van der Waals surface area contributed by atoms with Gasteiger partial charge in [-0.2, -0.15) is 0 Å². The van der Waals surface area contributed by atoms with E-state index in [0.717, 1.165) is 5.56 Å². The molecule has 22 heavy (non-hydrogen) atoms. The Hall–Kier alpha value is -2.83. The molecule has 0 spiro atoms. The Kier molecular flexibility index (Phi) is 4.45. The molecule has 0 aromatic heterocycles. The van der Waals surface area contributed by atoms with E-state index in [1.807, 2.05) is 6.92 Å². The summed E-state index contributed by atoms with van der Waals surface area (Å²) in [7, 11) is 0. The standard InChI is InChI=1S/C15H16N2O5/c1-2-9-13(14(20)15(16)21)12-8(6-17-9)4-3-5-10(12)22-7-11(18)19/h3-5,17H,2,6-7H2,1H3,(H2,16,21)(H,18,19). The Labute approximate surface area is 126 Å². The van der Waals surface area contributed by atoms with Crippen molar-refractivity contribution in [2.75, 3.05) is 6.61 Å². The Morgan fingerprint density at radius 3 is 2.68 bits per heavy atom. The fraction of sp³-hybridized carbons (Fsp3) is 0.267. The predicted molar refractivity (Wildman–Crippen MR) is 77.8 cm³/mol. The molecule has 0 saturated heterocycles. The van der Waals surface area contributed by atoms with E-state index >= 15 is 0 Å². The number of nitrogens with one attached hydrogen (secondary N) is 1. The molecule has 7 nitrogen and oxygen atoms in total. The molecule has 116 valence electrons. The second kappa shape index (κ2) is 6.30. The summed E-state index contributed by atoms with van der Waals surface area (Å²) in [6, 6.07) is 5.03. The zero-order chi connectivity index (χ0) is 16.3. The number of ketones is 1. The fourth-order valence-corrected chi connectivity index (χ4v) is 2.38. The average molecular weight is 304 g/mol. The molecule has 1 amide bonds. The molecule has 1 aliphatic heterocycles. The maximum atomic E-state index is 12.2. The van der Waals surface area contributed by atoms with Gasteiger partial charge in [-0.15, -0.1) is 0 Å². The largest absolute Gasteiger partial charge is 0.481 e.